The van der Waals surface area contributed by atoms with Crippen LogP contribution in [0.25, 0.3) is 10.7 Å². The van der Waals surface area contributed by atoms with Gasteiger partial charge in [0, 0.05) is 36.9 Å². The second kappa shape index (κ2) is 8.94. The normalized spacial score (nSPS) is 14.3. The van der Waals surface area contributed by atoms with E-state index in [0.717, 1.165) is 42.8 Å². The molecule has 3 heterocycles. The minimum Gasteiger partial charge on any atom is -0.341 e. The number of thiazole rings is 1. The first-order chi connectivity index (χ1) is 14.8. The number of hydrogen-bond acceptors (Lipinski definition) is 5. The molecule has 1 aliphatic heterocycles. The molecule has 1 aliphatic rings. The highest BCUT2D eigenvalue weighted by Crippen LogP contribution is 2.28. The third-order valence-electron chi connectivity index (χ3n) is 5.50. The molecule has 4 rings (SSSR count). The lowest BCUT2D eigenvalue weighted by Gasteiger charge is -2.16. The molecule has 1 amide bonds. The fourth-order valence-corrected chi connectivity index (χ4v) is 5.56. The third kappa shape index (κ3) is 4.89. The number of benzene rings is 1. The smallest absolute Gasteiger partial charge is 0.242 e. The average molecular weight is 459 g/mol. The van der Waals surface area contributed by atoms with E-state index in [1.165, 1.54) is 11.3 Å². The predicted molar refractivity (Wildman–Crippen MR) is 121 cm³/mol. The Morgan fingerprint density at radius 2 is 1.94 bits per heavy atom. The third-order valence-corrected chi connectivity index (χ3v) is 7.85. The predicted octanol–water partition coefficient (Wildman–Crippen LogP) is 3.33. The molecule has 0 unspecified atom stereocenters. The van der Waals surface area contributed by atoms with Gasteiger partial charge in [0.05, 0.1) is 5.69 Å². The van der Waals surface area contributed by atoms with E-state index in [1.807, 2.05) is 48.4 Å². The number of hydrogen-bond donors (Lipinski definition) is 1. The van der Waals surface area contributed by atoms with Crippen LogP contribution in [0.1, 0.15) is 29.7 Å². The molecule has 1 N–H and O–H groups in total. The molecular formula is C22H26N4O3S2. The number of likely N-dealkylation sites (tertiary alicyclic amines) is 1. The molecule has 1 fully saturated rings. The maximum Gasteiger partial charge on any atom is 0.242 e. The van der Waals surface area contributed by atoms with Crippen molar-refractivity contribution in [2.75, 3.05) is 13.1 Å². The quantitative estimate of drug-likeness (QED) is 0.589. The molecule has 2 aromatic heterocycles. The number of aromatic nitrogens is 2. The SMILES string of the molecule is Cc1csc(-c2cc(S(=O)(=O)NCc3ccccc3C)cn2CC(=O)N2CCCC2)n1. The van der Waals surface area contributed by atoms with Gasteiger partial charge >= 0.3 is 0 Å². The Hall–Kier alpha value is -2.49. The molecule has 0 aliphatic carbocycles. The molecule has 1 aromatic carbocycles. The highest BCUT2D eigenvalue weighted by Gasteiger charge is 2.24. The molecule has 9 heteroatoms. The van der Waals surface area contributed by atoms with Crippen molar-refractivity contribution in [3.63, 3.8) is 0 Å². The minimum absolute atomic E-state index is 0.000513. The lowest BCUT2D eigenvalue weighted by Crippen LogP contribution is -2.31. The number of carbonyl (C=O) groups is 1. The standard InChI is InChI=1S/C22H26N4O3S2/c1-16-7-3-4-8-18(16)12-23-31(28,29)19-11-20(22-24-17(2)15-30-22)26(13-19)14-21(27)25-9-5-6-10-25/h3-4,7-8,11,13,15,23H,5-6,9-10,12,14H2,1-2H3. The molecule has 0 saturated carbocycles. The number of amides is 1. The number of sulfonamides is 1. The monoisotopic (exact) mass is 458 g/mol. The molecule has 31 heavy (non-hydrogen) atoms. The van der Waals surface area contributed by atoms with Crippen molar-refractivity contribution in [2.24, 2.45) is 0 Å². The molecular weight excluding hydrogens is 432 g/mol. The van der Waals surface area contributed by atoms with Crippen LogP contribution in [0.15, 0.2) is 46.8 Å². The topological polar surface area (TPSA) is 84.3 Å². The zero-order valence-electron chi connectivity index (χ0n) is 17.7. The van der Waals surface area contributed by atoms with Gasteiger partial charge in [0.15, 0.2) is 0 Å². The summed E-state index contributed by atoms with van der Waals surface area (Å²) in [7, 11) is -3.75. The maximum atomic E-state index is 13.0. The number of nitrogens with one attached hydrogen (secondary N) is 1. The van der Waals surface area contributed by atoms with Crippen molar-refractivity contribution in [3.8, 4) is 10.7 Å². The van der Waals surface area contributed by atoms with Crippen LogP contribution in [-0.2, 0) is 27.9 Å². The van der Waals surface area contributed by atoms with Crippen LogP contribution in [0.2, 0.25) is 0 Å². The molecule has 164 valence electrons. The Balaban J connectivity index is 1.61. The van der Waals surface area contributed by atoms with E-state index in [2.05, 4.69) is 9.71 Å². The van der Waals surface area contributed by atoms with Crippen molar-refractivity contribution in [1.29, 1.82) is 0 Å². The van der Waals surface area contributed by atoms with Crippen molar-refractivity contribution in [3.05, 3.63) is 58.7 Å². The van der Waals surface area contributed by atoms with Gasteiger partial charge in [-0.25, -0.2) is 18.1 Å². The number of aryl methyl sites for hydroxylation is 2. The van der Waals surface area contributed by atoms with Gasteiger partial charge in [0.25, 0.3) is 0 Å². The fraction of sp³-hybridized carbons (Fsp3) is 0.364. The second-order valence-electron chi connectivity index (χ2n) is 7.82. The highest BCUT2D eigenvalue weighted by atomic mass is 32.2. The van der Waals surface area contributed by atoms with Crippen LogP contribution in [0, 0.1) is 13.8 Å². The van der Waals surface area contributed by atoms with E-state index < -0.39 is 10.0 Å². The van der Waals surface area contributed by atoms with E-state index >= 15 is 0 Å². The van der Waals surface area contributed by atoms with E-state index in [4.69, 9.17) is 0 Å². The van der Waals surface area contributed by atoms with Gasteiger partial charge in [0.1, 0.15) is 16.4 Å². The minimum atomic E-state index is -3.75. The first-order valence-electron chi connectivity index (χ1n) is 10.3. The average Bonchev–Trinajstić information content (AvgIpc) is 3.48. The maximum absolute atomic E-state index is 13.0. The lowest BCUT2D eigenvalue weighted by molar-refractivity contribution is -0.130. The first-order valence-corrected chi connectivity index (χ1v) is 12.6. The Morgan fingerprint density at radius 1 is 1.19 bits per heavy atom. The van der Waals surface area contributed by atoms with Gasteiger partial charge in [-0.15, -0.1) is 11.3 Å². The Bertz CT molecular complexity index is 1190. The van der Waals surface area contributed by atoms with Crippen molar-refractivity contribution < 1.29 is 13.2 Å². The van der Waals surface area contributed by atoms with Crippen LogP contribution in [0.5, 0.6) is 0 Å². The Morgan fingerprint density at radius 3 is 2.61 bits per heavy atom. The summed E-state index contributed by atoms with van der Waals surface area (Å²) in [6, 6.07) is 9.28. The summed E-state index contributed by atoms with van der Waals surface area (Å²) >= 11 is 1.44. The number of nitrogens with zero attached hydrogens (tertiary/aromatic N) is 3. The Kier molecular flexibility index (Phi) is 6.27. The molecule has 3 aromatic rings. The number of carbonyl (C=O) groups excluding carboxylic acids is 1. The van der Waals surface area contributed by atoms with Gasteiger partial charge in [-0.1, -0.05) is 24.3 Å². The van der Waals surface area contributed by atoms with Gasteiger partial charge in [-0.2, -0.15) is 0 Å². The summed E-state index contributed by atoms with van der Waals surface area (Å²) in [5.74, 6) is -0.000513. The number of rotatable bonds is 7. The van der Waals surface area contributed by atoms with Crippen LogP contribution >= 0.6 is 11.3 Å². The Labute approximate surface area is 186 Å². The summed E-state index contributed by atoms with van der Waals surface area (Å²) in [5, 5.41) is 2.62. The van der Waals surface area contributed by atoms with E-state index in [1.54, 1.807) is 16.8 Å². The van der Waals surface area contributed by atoms with Crippen molar-refractivity contribution >= 4 is 27.3 Å². The van der Waals surface area contributed by atoms with Gasteiger partial charge in [0.2, 0.25) is 15.9 Å². The van der Waals surface area contributed by atoms with Crippen LogP contribution in [0.3, 0.4) is 0 Å². The van der Waals surface area contributed by atoms with Gasteiger partial charge < -0.3 is 9.47 Å². The summed E-state index contributed by atoms with van der Waals surface area (Å²) in [5.41, 5.74) is 3.45. The van der Waals surface area contributed by atoms with Crippen LogP contribution in [0.4, 0.5) is 0 Å². The van der Waals surface area contributed by atoms with E-state index in [-0.39, 0.29) is 23.9 Å². The lowest BCUT2D eigenvalue weighted by atomic mass is 10.1. The van der Waals surface area contributed by atoms with Crippen molar-refractivity contribution in [1.82, 2.24) is 19.2 Å². The molecule has 1 saturated heterocycles. The molecule has 7 nitrogen and oxygen atoms in total. The summed E-state index contributed by atoms with van der Waals surface area (Å²) < 4.78 is 30.4. The zero-order chi connectivity index (χ0) is 22.0. The van der Waals surface area contributed by atoms with Crippen LogP contribution < -0.4 is 4.72 Å². The molecule has 0 atom stereocenters. The van der Waals surface area contributed by atoms with E-state index in [0.29, 0.717) is 10.7 Å². The molecule has 0 spiro atoms. The largest absolute Gasteiger partial charge is 0.341 e. The molecule has 0 bridgehead atoms. The van der Waals surface area contributed by atoms with Crippen molar-refractivity contribution in [2.45, 2.75) is 44.7 Å². The highest BCUT2D eigenvalue weighted by molar-refractivity contribution is 7.89. The zero-order valence-corrected chi connectivity index (χ0v) is 19.3. The summed E-state index contributed by atoms with van der Waals surface area (Å²) in [4.78, 5) is 19.2. The van der Waals surface area contributed by atoms with E-state index in [9.17, 15) is 13.2 Å². The summed E-state index contributed by atoms with van der Waals surface area (Å²) in [6.07, 6.45) is 3.57. The van der Waals surface area contributed by atoms with Gasteiger partial charge in [-0.05, 0) is 43.9 Å². The summed E-state index contributed by atoms with van der Waals surface area (Å²) in [6.45, 7) is 5.67. The molecule has 0 radical (unpaired) electrons. The second-order valence-corrected chi connectivity index (χ2v) is 10.4. The van der Waals surface area contributed by atoms with Crippen LogP contribution in [-0.4, -0.2) is 41.9 Å². The van der Waals surface area contributed by atoms with Gasteiger partial charge in [-0.3, -0.25) is 4.79 Å². The first kappa shape index (κ1) is 21.7. The fourth-order valence-electron chi connectivity index (χ4n) is 3.69.